The Labute approximate surface area is 143 Å². The number of anilines is 1. The van der Waals surface area contributed by atoms with Gasteiger partial charge in [-0.2, -0.15) is 0 Å². The summed E-state index contributed by atoms with van der Waals surface area (Å²) in [4.78, 5) is 22.0. The van der Waals surface area contributed by atoms with Gasteiger partial charge >= 0.3 is 0 Å². The molecule has 3 N–H and O–H groups in total. The lowest BCUT2D eigenvalue weighted by molar-refractivity contribution is 0.111. The predicted molar refractivity (Wildman–Crippen MR) is 98.6 cm³/mol. The van der Waals surface area contributed by atoms with Crippen LogP contribution in [0.15, 0.2) is 42.5 Å². The van der Waals surface area contributed by atoms with Crippen LogP contribution in [0.25, 0.3) is 11.1 Å². The molecule has 0 saturated carbocycles. The Kier molecular flexibility index (Phi) is 4.90. The molecule has 0 aliphatic heterocycles. The molecule has 0 aliphatic carbocycles. The summed E-state index contributed by atoms with van der Waals surface area (Å²) in [7, 11) is 0. The minimum Gasteiger partial charge on any atom is -0.378 e. The van der Waals surface area contributed by atoms with Gasteiger partial charge in [0.05, 0.1) is 0 Å². The van der Waals surface area contributed by atoms with Gasteiger partial charge in [0.25, 0.3) is 0 Å². The first-order chi connectivity index (χ1) is 11.2. The maximum absolute atomic E-state index is 11.2. The van der Waals surface area contributed by atoms with Gasteiger partial charge in [-0.15, -0.1) is 0 Å². The normalized spacial score (nSPS) is 11.9. The van der Waals surface area contributed by atoms with Crippen molar-refractivity contribution in [3.05, 3.63) is 53.6 Å². The molecule has 0 fully saturated rings. The average Bonchev–Trinajstić information content (AvgIpc) is 2.53. The van der Waals surface area contributed by atoms with E-state index in [4.69, 9.17) is 5.73 Å². The molecule has 4 nitrogen and oxygen atoms in total. The maximum atomic E-state index is 11.2. The summed E-state index contributed by atoms with van der Waals surface area (Å²) < 4.78 is 0. The number of rotatable bonds is 6. The quantitative estimate of drug-likeness (QED) is 0.790. The zero-order chi connectivity index (χ0) is 18.0. The minimum atomic E-state index is -0.469. The predicted octanol–water partition coefficient (Wildman–Crippen LogP) is 3.91. The van der Waals surface area contributed by atoms with E-state index in [9.17, 15) is 9.59 Å². The second kappa shape index (κ2) is 6.57. The number of aldehydes is 2. The Balaban J connectivity index is 2.51. The Hall–Kier alpha value is -2.46. The molecule has 2 rings (SSSR count). The van der Waals surface area contributed by atoms with Crippen LogP contribution in [0.3, 0.4) is 0 Å². The molecule has 0 heterocycles. The van der Waals surface area contributed by atoms with E-state index in [0.29, 0.717) is 11.1 Å². The van der Waals surface area contributed by atoms with E-state index in [1.165, 1.54) is 0 Å². The van der Waals surface area contributed by atoms with E-state index in [2.05, 4.69) is 5.32 Å². The first-order valence-corrected chi connectivity index (χ1v) is 7.90. The van der Waals surface area contributed by atoms with Gasteiger partial charge in [-0.1, -0.05) is 36.4 Å². The molecule has 126 valence electrons. The van der Waals surface area contributed by atoms with Crippen LogP contribution in [0.5, 0.6) is 0 Å². The molecule has 2 aromatic rings. The number of nitrogens with one attached hydrogen (secondary N) is 1. The molecular weight excluding hydrogens is 300 g/mol. The van der Waals surface area contributed by atoms with Gasteiger partial charge in [0.15, 0.2) is 0 Å². The second-order valence-electron chi connectivity index (χ2n) is 7.13. The van der Waals surface area contributed by atoms with Crippen molar-refractivity contribution in [1.29, 1.82) is 0 Å². The molecule has 0 atom stereocenters. The van der Waals surface area contributed by atoms with Crippen LogP contribution in [0.4, 0.5) is 5.69 Å². The molecule has 0 aromatic heterocycles. The van der Waals surface area contributed by atoms with E-state index in [1.807, 2.05) is 52.0 Å². The standard InChI is InChI=1S/C20H24N2O2/c1-19(2,21)20(3,4)22-18-11-15(13-24)7-10-17(18)16-8-5-14(12-23)6-9-16/h5-13,22H,21H2,1-4H3. The molecule has 0 spiro atoms. The van der Waals surface area contributed by atoms with E-state index in [-0.39, 0.29) is 0 Å². The summed E-state index contributed by atoms with van der Waals surface area (Å²) in [6, 6.07) is 12.8. The van der Waals surface area contributed by atoms with Crippen molar-refractivity contribution in [2.24, 2.45) is 5.73 Å². The summed E-state index contributed by atoms with van der Waals surface area (Å²) in [6.45, 7) is 7.98. The molecule has 0 saturated heterocycles. The first-order valence-electron chi connectivity index (χ1n) is 7.90. The highest BCUT2D eigenvalue weighted by molar-refractivity contribution is 5.86. The van der Waals surface area contributed by atoms with Gasteiger partial charge in [0.1, 0.15) is 12.6 Å². The van der Waals surface area contributed by atoms with Gasteiger partial charge in [-0.25, -0.2) is 0 Å². The second-order valence-corrected chi connectivity index (χ2v) is 7.13. The minimum absolute atomic E-state index is 0.397. The molecule has 2 aromatic carbocycles. The third-order valence-electron chi connectivity index (χ3n) is 4.60. The van der Waals surface area contributed by atoms with Crippen molar-refractivity contribution < 1.29 is 9.59 Å². The van der Waals surface area contributed by atoms with Gasteiger partial charge in [-0.3, -0.25) is 9.59 Å². The van der Waals surface area contributed by atoms with Crippen molar-refractivity contribution in [3.63, 3.8) is 0 Å². The zero-order valence-corrected chi connectivity index (χ0v) is 14.6. The van der Waals surface area contributed by atoms with Gasteiger partial charge < -0.3 is 11.1 Å². The third-order valence-corrected chi connectivity index (χ3v) is 4.60. The van der Waals surface area contributed by atoms with Crippen molar-refractivity contribution in [1.82, 2.24) is 0 Å². The fourth-order valence-electron chi connectivity index (χ4n) is 2.23. The fraction of sp³-hybridized carbons (Fsp3) is 0.300. The molecule has 0 aliphatic rings. The number of hydrogen-bond donors (Lipinski definition) is 2. The Morgan fingerprint density at radius 1 is 0.875 bits per heavy atom. The molecule has 0 unspecified atom stereocenters. The molecule has 0 radical (unpaired) electrons. The van der Waals surface area contributed by atoms with Gasteiger partial charge in [0, 0.05) is 33.5 Å². The Morgan fingerprint density at radius 2 is 1.42 bits per heavy atom. The molecule has 24 heavy (non-hydrogen) atoms. The van der Waals surface area contributed by atoms with Crippen molar-refractivity contribution in [2.75, 3.05) is 5.32 Å². The van der Waals surface area contributed by atoms with E-state index >= 15 is 0 Å². The van der Waals surface area contributed by atoms with Crippen LogP contribution in [-0.2, 0) is 0 Å². The molecule has 0 bridgehead atoms. The SMILES string of the molecule is CC(C)(N)C(C)(C)Nc1cc(C=O)ccc1-c1ccc(C=O)cc1. The van der Waals surface area contributed by atoms with Crippen molar-refractivity contribution in [2.45, 2.75) is 38.8 Å². The lowest BCUT2D eigenvalue weighted by Crippen LogP contribution is -2.57. The maximum Gasteiger partial charge on any atom is 0.150 e. The van der Waals surface area contributed by atoms with E-state index < -0.39 is 11.1 Å². The lowest BCUT2D eigenvalue weighted by Gasteiger charge is -2.40. The first kappa shape index (κ1) is 17.9. The van der Waals surface area contributed by atoms with Crippen molar-refractivity contribution in [3.8, 4) is 11.1 Å². The van der Waals surface area contributed by atoms with Crippen LogP contribution >= 0.6 is 0 Å². The van der Waals surface area contributed by atoms with E-state index in [0.717, 1.165) is 29.4 Å². The van der Waals surface area contributed by atoms with Crippen LogP contribution in [0.2, 0.25) is 0 Å². The number of nitrogens with two attached hydrogens (primary N) is 1. The monoisotopic (exact) mass is 324 g/mol. The summed E-state index contributed by atoms with van der Waals surface area (Å²) in [6.07, 6.45) is 1.64. The zero-order valence-electron chi connectivity index (χ0n) is 14.6. The Morgan fingerprint density at radius 3 is 1.92 bits per heavy atom. The summed E-state index contributed by atoms with van der Waals surface area (Å²) in [5.41, 5.74) is 9.39. The van der Waals surface area contributed by atoms with Gasteiger partial charge in [0.2, 0.25) is 0 Å². The molecule has 0 amide bonds. The molecular formula is C20H24N2O2. The highest BCUT2D eigenvalue weighted by atomic mass is 16.1. The highest BCUT2D eigenvalue weighted by Crippen LogP contribution is 2.33. The largest absolute Gasteiger partial charge is 0.378 e. The highest BCUT2D eigenvalue weighted by Gasteiger charge is 2.33. The van der Waals surface area contributed by atoms with Crippen LogP contribution in [0.1, 0.15) is 48.4 Å². The van der Waals surface area contributed by atoms with Crippen LogP contribution in [0, 0.1) is 0 Å². The van der Waals surface area contributed by atoms with Crippen LogP contribution in [-0.4, -0.2) is 23.7 Å². The average molecular weight is 324 g/mol. The van der Waals surface area contributed by atoms with E-state index in [1.54, 1.807) is 18.2 Å². The number of carbonyl (C=O) groups is 2. The van der Waals surface area contributed by atoms with Gasteiger partial charge in [-0.05, 0) is 39.3 Å². The fourth-order valence-corrected chi connectivity index (χ4v) is 2.23. The third kappa shape index (κ3) is 3.71. The number of hydrogen-bond acceptors (Lipinski definition) is 4. The summed E-state index contributed by atoms with van der Waals surface area (Å²) in [5, 5.41) is 3.48. The summed E-state index contributed by atoms with van der Waals surface area (Å²) >= 11 is 0. The summed E-state index contributed by atoms with van der Waals surface area (Å²) in [5.74, 6) is 0. The van der Waals surface area contributed by atoms with Crippen LogP contribution < -0.4 is 11.1 Å². The molecule has 4 heteroatoms. The lowest BCUT2D eigenvalue weighted by atomic mass is 9.83. The Bertz CT molecular complexity index is 741. The number of carbonyl (C=O) groups excluding carboxylic acids is 2. The van der Waals surface area contributed by atoms with Crippen molar-refractivity contribution >= 4 is 18.3 Å². The topological polar surface area (TPSA) is 72.2 Å². The number of benzene rings is 2. The smallest absolute Gasteiger partial charge is 0.150 e.